The zero-order valence-electron chi connectivity index (χ0n) is 13.4. The van der Waals surface area contributed by atoms with Gasteiger partial charge in [0.15, 0.2) is 0 Å². The number of halogens is 1. The third-order valence-electron chi connectivity index (χ3n) is 2.78. The Morgan fingerprint density at radius 1 is 1.33 bits per heavy atom. The summed E-state index contributed by atoms with van der Waals surface area (Å²) in [6.07, 6.45) is 3.98. The quantitative estimate of drug-likeness (QED) is 0.700. The van der Waals surface area contributed by atoms with E-state index in [1.165, 1.54) is 0 Å². The van der Waals surface area contributed by atoms with Crippen LogP contribution in [-0.2, 0) is 0 Å². The Kier molecular flexibility index (Phi) is 6.75. The normalized spacial score (nSPS) is 11.5. The average molecular weight is 302 g/mol. The number of likely N-dealkylation sites (N-methyl/N-ethyl adjacent to an activating group) is 1. The fourth-order valence-corrected chi connectivity index (χ4v) is 2.04. The summed E-state index contributed by atoms with van der Waals surface area (Å²) < 4.78 is 0. The summed E-state index contributed by atoms with van der Waals surface area (Å²) in [7, 11) is 2.06. The van der Waals surface area contributed by atoms with Crippen molar-refractivity contribution in [2.24, 2.45) is 5.41 Å². The van der Waals surface area contributed by atoms with E-state index in [1.807, 2.05) is 30.3 Å². The molecular formula is C19H24ClN. The highest BCUT2D eigenvalue weighted by Crippen LogP contribution is 2.22. The molecule has 0 aromatic heterocycles. The second kappa shape index (κ2) is 8.08. The van der Waals surface area contributed by atoms with Crippen LogP contribution in [0.15, 0.2) is 43.0 Å². The summed E-state index contributed by atoms with van der Waals surface area (Å²) in [4.78, 5) is 2.18. The molecule has 0 aliphatic carbocycles. The van der Waals surface area contributed by atoms with Crippen molar-refractivity contribution in [1.29, 1.82) is 0 Å². The van der Waals surface area contributed by atoms with Crippen LogP contribution in [0.1, 0.15) is 26.3 Å². The lowest BCUT2D eigenvalue weighted by molar-refractivity contribution is 0.419. The lowest BCUT2D eigenvalue weighted by Crippen LogP contribution is -2.20. The molecular weight excluding hydrogens is 278 g/mol. The van der Waals surface area contributed by atoms with E-state index in [-0.39, 0.29) is 5.41 Å². The molecule has 0 aliphatic heterocycles. The van der Waals surface area contributed by atoms with Crippen LogP contribution in [0.2, 0.25) is 5.02 Å². The molecule has 1 rings (SSSR count). The molecule has 1 aromatic rings. The van der Waals surface area contributed by atoms with Crippen LogP contribution in [0.3, 0.4) is 0 Å². The van der Waals surface area contributed by atoms with Crippen molar-refractivity contribution in [2.75, 3.05) is 20.1 Å². The van der Waals surface area contributed by atoms with Gasteiger partial charge in [0, 0.05) is 23.5 Å². The Bertz CT molecular complexity index is 567. The molecule has 0 bridgehead atoms. The monoisotopic (exact) mass is 301 g/mol. The van der Waals surface area contributed by atoms with Crippen LogP contribution >= 0.6 is 11.6 Å². The Balaban J connectivity index is 2.49. The van der Waals surface area contributed by atoms with Crippen molar-refractivity contribution in [1.82, 2.24) is 4.90 Å². The number of allylic oxidation sites excluding steroid dienone is 1. The number of hydrogen-bond donors (Lipinski definition) is 0. The summed E-state index contributed by atoms with van der Waals surface area (Å²) in [5.41, 5.74) is 2.09. The van der Waals surface area contributed by atoms with Gasteiger partial charge in [0.1, 0.15) is 0 Å². The lowest BCUT2D eigenvalue weighted by Gasteiger charge is -2.16. The first-order valence-electron chi connectivity index (χ1n) is 7.08. The van der Waals surface area contributed by atoms with Crippen LogP contribution in [0.25, 0.3) is 5.57 Å². The highest BCUT2D eigenvalue weighted by Gasteiger charge is 2.06. The average Bonchev–Trinajstić information content (AvgIpc) is 2.37. The summed E-state index contributed by atoms with van der Waals surface area (Å²) in [5.74, 6) is 6.25. The molecule has 0 saturated heterocycles. The molecule has 0 amide bonds. The van der Waals surface area contributed by atoms with Gasteiger partial charge >= 0.3 is 0 Å². The van der Waals surface area contributed by atoms with Crippen molar-refractivity contribution in [3.63, 3.8) is 0 Å². The second-order valence-corrected chi connectivity index (χ2v) is 6.61. The fourth-order valence-electron chi connectivity index (χ4n) is 1.77. The first-order chi connectivity index (χ1) is 9.79. The van der Waals surface area contributed by atoms with Crippen LogP contribution in [-0.4, -0.2) is 25.0 Å². The summed E-state index contributed by atoms with van der Waals surface area (Å²) in [5, 5.41) is 0.752. The van der Waals surface area contributed by atoms with Gasteiger partial charge in [-0.2, -0.15) is 0 Å². The highest BCUT2D eigenvalue weighted by atomic mass is 35.5. The molecule has 0 unspecified atom stereocenters. The number of rotatable bonds is 5. The van der Waals surface area contributed by atoms with Crippen LogP contribution in [0.4, 0.5) is 0 Å². The van der Waals surface area contributed by atoms with E-state index in [0.717, 1.165) is 29.2 Å². The molecule has 2 heteroatoms. The lowest BCUT2D eigenvalue weighted by atomic mass is 9.98. The predicted octanol–water partition coefficient (Wildman–Crippen LogP) is 4.89. The Morgan fingerprint density at radius 2 is 2.00 bits per heavy atom. The van der Waals surface area contributed by atoms with Crippen molar-refractivity contribution < 1.29 is 0 Å². The van der Waals surface area contributed by atoms with Gasteiger partial charge in [-0.05, 0) is 51.1 Å². The summed E-state index contributed by atoms with van der Waals surface area (Å²) in [6.45, 7) is 12.1. The van der Waals surface area contributed by atoms with Crippen molar-refractivity contribution in [2.45, 2.75) is 20.8 Å². The minimum atomic E-state index is 0.0502. The molecule has 1 nitrogen and oxygen atoms in total. The maximum Gasteiger partial charge on any atom is 0.0481 e. The van der Waals surface area contributed by atoms with Crippen molar-refractivity contribution >= 4 is 17.2 Å². The third kappa shape index (κ3) is 7.18. The van der Waals surface area contributed by atoms with Crippen LogP contribution in [0, 0.1) is 17.3 Å². The van der Waals surface area contributed by atoms with Crippen molar-refractivity contribution in [3.8, 4) is 11.8 Å². The van der Waals surface area contributed by atoms with E-state index >= 15 is 0 Å². The van der Waals surface area contributed by atoms with E-state index in [1.54, 1.807) is 0 Å². The van der Waals surface area contributed by atoms with Gasteiger partial charge < -0.3 is 0 Å². The van der Waals surface area contributed by atoms with Gasteiger partial charge in [0.05, 0.1) is 0 Å². The smallest absolute Gasteiger partial charge is 0.0481 e. The van der Waals surface area contributed by atoms with Crippen molar-refractivity contribution in [3.05, 3.63) is 53.6 Å². The SMILES string of the molecule is C=C(CN(C)CC=CC#CC(C)(C)C)c1ccccc1Cl. The molecule has 1 aromatic carbocycles. The Labute approximate surface area is 134 Å². The number of benzene rings is 1. The van der Waals surface area contributed by atoms with E-state index in [0.29, 0.717) is 0 Å². The maximum absolute atomic E-state index is 6.18. The zero-order chi connectivity index (χ0) is 15.9. The Morgan fingerprint density at radius 3 is 2.62 bits per heavy atom. The maximum atomic E-state index is 6.18. The zero-order valence-corrected chi connectivity index (χ0v) is 14.2. The third-order valence-corrected chi connectivity index (χ3v) is 3.11. The van der Waals surface area contributed by atoms with Gasteiger partial charge in [-0.15, -0.1) is 0 Å². The van der Waals surface area contributed by atoms with E-state index in [9.17, 15) is 0 Å². The number of hydrogen-bond acceptors (Lipinski definition) is 1. The summed E-state index contributed by atoms with van der Waals surface area (Å²) in [6, 6.07) is 7.81. The minimum absolute atomic E-state index is 0.0502. The molecule has 0 radical (unpaired) electrons. The topological polar surface area (TPSA) is 3.24 Å². The molecule has 112 valence electrons. The highest BCUT2D eigenvalue weighted by molar-refractivity contribution is 6.32. The first-order valence-corrected chi connectivity index (χ1v) is 7.46. The fraction of sp³-hybridized carbons (Fsp3) is 0.368. The van der Waals surface area contributed by atoms with Gasteiger partial charge in [-0.25, -0.2) is 0 Å². The van der Waals surface area contributed by atoms with E-state index in [2.05, 4.69) is 57.2 Å². The van der Waals surface area contributed by atoms with Gasteiger partial charge in [-0.1, -0.05) is 54.3 Å². The molecule has 0 N–H and O–H groups in total. The molecule has 0 spiro atoms. The molecule has 0 fully saturated rings. The predicted molar refractivity (Wildman–Crippen MR) is 94.4 cm³/mol. The molecule has 21 heavy (non-hydrogen) atoms. The molecule has 0 saturated carbocycles. The second-order valence-electron chi connectivity index (χ2n) is 6.20. The molecule has 0 heterocycles. The van der Waals surface area contributed by atoms with Gasteiger partial charge in [-0.3, -0.25) is 4.90 Å². The van der Waals surface area contributed by atoms with Gasteiger partial charge in [0.25, 0.3) is 0 Å². The standard InChI is InChI=1S/C19H24ClN/c1-16(17-11-7-8-12-18(17)20)15-21(5)14-10-6-9-13-19(2,3)4/h6-8,10-12H,1,14-15H2,2-5H3. The number of nitrogens with zero attached hydrogens (tertiary/aromatic N) is 1. The molecule has 0 atom stereocenters. The van der Waals surface area contributed by atoms with Gasteiger partial charge in [0.2, 0.25) is 0 Å². The van der Waals surface area contributed by atoms with Crippen LogP contribution in [0.5, 0.6) is 0 Å². The largest absolute Gasteiger partial charge is 0.298 e. The minimum Gasteiger partial charge on any atom is -0.298 e. The van der Waals surface area contributed by atoms with E-state index in [4.69, 9.17) is 11.6 Å². The Hall–Kier alpha value is -1.49. The first kappa shape index (κ1) is 17.6. The molecule has 0 aliphatic rings. The summed E-state index contributed by atoms with van der Waals surface area (Å²) >= 11 is 6.18. The van der Waals surface area contributed by atoms with Crippen LogP contribution < -0.4 is 0 Å². The van der Waals surface area contributed by atoms with E-state index < -0.39 is 0 Å².